The van der Waals surface area contributed by atoms with Crippen molar-refractivity contribution in [1.82, 2.24) is 0 Å². The maximum Gasteiger partial charge on any atom is 0.141 e. The maximum absolute atomic E-state index is 13.4. The Bertz CT molecular complexity index is 629. The summed E-state index contributed by atoms with van der Waals surface area (Å²) in [7, 11) is 0. The Balaban J connectivity index is 2.40. The van der Waals surface area contributed by atoms with Gasteiger partial charge in [-0.1, -0.05) is 29.8 Å². The molecule has 0 aliphatic carbocycles. The Morgan fingerprint density at radius 3 is 2.48 bits per heavy atom. The van der Waals surface area contributed by atoms with Crippen molar-refractivity contribution in [3.63, 3.8) is 0 Å². The molecule has 2 rings (SSSR count). The average molecular weight is 312 g/mol. The van der Waals surface area contributed by atoms with Gasteiger partial charge in [0, 0.05) is 12.0 Å². The molecule has 0 fully saturated rings. The minimum Gasteiger partial charge on any atom is -0.395 e. The first-order valence-electron chi connectivity index (χ1n) is 6.52. The van der Waals surface area contributed by atoms with E-state index in [2.05, 4.69) is 0 Å². The van der Waals surface area contributed by atoms with Crippen LogP contribution in [0.25, 0.3) is 0 Å². The summed E-state index contributed by atoms with van der Waals surface area (Å²) >= 11 is 5.77. The first-order valence-corrected chi connectivity index (χ1v) is 6.89. The van der Waals surface area contributed by atoms with Crippen LogP contribution in [0.2, 0.25) is 5.02 Å². The fraction of sp³-hybridized carbons (Fsp3) is 0.250. The van der Waals surface area contributed by atoms with E-state index in [1.54, 1.807) is 18.2 Å². The Morgan fingerprint density at radius 1 is 1.14 bits per heavy atom. The van der Waals surface area contributed by atoms with E-state index in [0.717, 1.165) is 5.56 Å². The van der Waals surface area contributed by atoms with Gasteiger partial charge in [0.1, 0.15) is 11.6 Å². The molecule has 2 nitrogen and oxygen atoms in total. The highest BCUT2D eigenvalue weighted by molar-refractivity contribution is 6.30. The van der Waals surface area contributed by atoms with E-state index in [1.165, 1.54) is 24.3 Å². The van der Waals surface area contributed by atoms with Crippen LogP contribution in [0.15, 0.2) is 42.5 Å². The van der Waals surface area contributed by atoms with Crippen LogP contribution in [0.4, 0.5) is 8.78 Å². The van der Waals surface area contributed by atoms with Crippen LogP contribution in [0.5, 0.6) is 0 Å². The van der Waals surface area contributed by atoms with Crippen LogP contribution >= 0.6 is 11.6 Å². The van der Waals surface area contributed by atoms with Crippen molar-refractivity contribution < 1.29 is 13.9 Å². The van der Waals surface area contributed by atoms with Crippen molar-refractivity contribution in [3.8, 4) is 0 Å². The molecule has 1 atom stereocenters. The summed E-state index contributed by atoms with van der Waals surface area (Å²) < 4.78 is 26.6. The molecule has 2 aromatic rings. The largest absolute Gasteiger partial charge is 0.395 e. The fourth-order valence-electron chi connectivity index (χ4n) is 2.36. The second-order valence-electron chi connectivity index (χ2n) is 5.08. The number of hydrogen-bond donors (Lipinski definition) is 2. The molecule has 21 heavy (non-hydrogen) atoms. The van der Waals surface area contributed by atoms with Gasteiger partial charge in [-0.15, -0.1) is 0 Å². The summed E-state index contributed by atoms with van der Waals surface area (Å²) in [4.78, 5) is 0. The van der Waals surface area contributed by atoms with Crippen molar-refractivity contribution in [1.29, 1.82) is 0 Å². The summed E-state index contributed by atoms with van der Waals surface area (Å²) in [5.41, 5.74) is 6.33. The van der Waals surface area contributed by atoms with Crippen molar-refractivity contribution in [2.75, 3.05) is 13.2 Å². The Morgan fingerprint density at radius 2 is 1.90 bits per heavy atom. The topological polar surface area (TPSA) is 46.2 Å². The highest BCUT2D eigenvalue weighted by atomic mass is 35.5. The van der Waals surface area contributed by atoms with Crippen molar-refractivity contribution in [2.45, 2.75) is 11.8 Å². The summed E-state index contributed by atoms with van der Waals surface area (Å²) in [5.74, 6) is -0.899. The van der Waals surface area contributed by atoms with Gasteiger partial charge in [0.15, 0.2) is 0 Å². The second-order valence-corrected chi connectivity index (χ2v) is 5.49. The lowest BCUT2D eigenvalue weighted by atomic mass is 9.76. The van der Waals surface area contributed by atoms with Gasteiger partial charge < -0.3 is 10.8 Å². The second kappa shape index (κ2) is 6.52. The lowest BCUT2D eigenvalue weighted by molar-refractivity contribution is 0.195. The van der Waals surface area contributed by atoms with Crippen molar-refractivity contribution >= 4 is 11.6 Å². The predicted octanol–water partition coefficient (Wildman–Crippen LogP) is 3.05. The third kappa shape index (κ3) is 3.40. The molecular weight excluding hydrogens is 296 g/mol. The first kappa shape index (κ1) is 15.9. The lowest BCUT2D eigenvalue weighted by Gasteiger charge is -2.31. The van der Waals surface area contributed by atoms with Crippen LogP contribution < -0.4 is 5.73 Å². The molecule has 0 heterocycles. The molecule has 0 bridgehead atoms. The van der Waals surface area contributed by atoms with Gasteiger partial charge in [0.2, 0.25) is 0 Å². The average Bonchev–Trinajstić information content (AvgIpc) is 2.48. The summed E-state index contributed by atoms with van der Waals surface area (Å²) in [6, 6.07) is 10.3. The summed E-state index contributed by atoms with van der Waals surface area (Å²) in [5, 5.41) is 9.81. The van der Waals surface area contributed by atoms with E-state index in [1.807, 2.05) is 0 Å². The molecule has 0 saturated carbocycles. The highest BCUT2D eigenvalue weighted by Crippen LogP contribution is 2.29. The quantitative estimate of drug-likeness (QED) is 0.891. The number of aliphatic hydroxyl groups excluding tert-OH is 1. The number of hydrogen-bond acceptors (Lipinski definition) is 2. The third-order valence-corrected chi connectivity index (χ3v) is 3.95. The molecule has 5 heteroatoms. The van der Waals surface area contributed by atoms with Crippen LogP contribution in [0, 0.1) is 11.6 Å². The minimum atomic E-state index is -0.830. The molecule has 1 unspecified atom stereocenters. The van der Waals surface area contributed by atoms with E-state index in [0.29, 0.717) is 12.0 Å². The maximum atomic E-state index is 13.4. The molecule has 0 radical (unpaired) electrons. The zero-order chi connectivity index (χ0) is 15.5. The molecule has 0 saturated heterocycles. The molecule has 0 aliphatic heterocycles. The molecular formula is C16H16ClF2NO. The summed E-state index contributed by atoms with van der Waals surface area (Å²) in [6.07, 6.45) is 0.337. The standard InChI is InChI=1S/C16H16ClF2NO/c17-14-6-11(4-5-15(14)19)8-16(9-20,10-21)12-2-1-3-13(18)7-12/h1-7,21H,8-10,20H2. The van der Waals surface area contributed by atoms with Crippen molar-refractivity contribution in [2.24, 2.45) is 5.73 Å². The normalized spacial score (nSPS) is 14.0. The number of rotatable bonds is 5. The molecule has 2 aromatic carbocycles. The Labute approximate surface area is 127 Å². The van der Waals surface area contributed by atoms with Gasteiger partial charge in [0.05, 0.1) is 11.6 Å². The predicted molar refractivity (Wildman–Crippen MR) is 79.3 cm³/mol. The van der Waals surface area contributed by atoms with E-state index >= 15 is 0 Å². The van der Waals surface area contributed by atoms with E-state index in [4.69, 9.17) is 17.3 Å². The SMILES string of the molecule is NCC(CO)(Cc1ccc(F)c(Cl)c1)c1cccc(F)c1. The number of halogens is 3. The molecule has 0 amide bonds. The summed E-state index contributed by atoms with van der Waals surface area (Å²) in [6.45, 7) is -0.121. The number of benzene rings is 2. The molecule has 3 N–H and O–H groups in total. The van der Waals surface area contributed by atoms with Crippen molar-refractivity contribution in [3.05, 3.63) is 70.2 Å². The van der Waals surface area contributed by atoms with Gasteiger partial charge in [-0.05, 0) is 41.8 Å². The number of aliphatic hydroxyl groups is 1. The zero-order valence-corrected chi connectivity index (χ0v) is 12.1. The van der Waals surface area contributed by atoms with Crippen LogP contribution in [0.3, 0.4) is 0 Å². The molecule has 0 spiro atoms. The molecule has 0 aliphatic rings. The van der Waals surface area contributed by atoms with E-state index in [-0.39, 0.29) is 18.2 Å². The fourth-order valence-corrected chi connectivity index (χ4v) is 2.57. The Kier molecular flexibility index (Phi) is 4.93. The van der Waals surface area contributed by atoms with Gasteiger partial charge in [-0.3, -0.25) is 0 Å². The van der Waals surface area contributed by atoms with Crippen LogP contribution in [0.1, 0.15) is 11.1 Å². The Hall–Kier alpha value is -1.49. The third-order valence-electron chi connectivity index (χ3n) is 3.66. The first-order chi connectivity index (χ1) is 10.0. The minimum absolute atomic E-state index is 0.00982. The van der Waals surface area contributed by atoms with E-state index in [9.17, 15) is 13.9 Å². The van der Waals surface area contributed by atoms with Gasteiger partial charge in [-0.2, -0.15) is 0 Å². The number of nitrogens with two attached hydrogens (primary N) is 1. The van der Waals surface area contributed by atoms with Crippen LogP contribution in [-0.2, 0) is 11.8 Å². The smallest absolute Gasteiger partial charge is 0.141 e. The van der Waals surface area contributed by atoms with Crippen LogP contribution in [-0.4, -0.2) is 18.3 Å². The molecule has 0 aromatic heterocycles. The molecule has 112 valence electrons. The van der Waals surface area contributed by atoms with Gasteiger partial charge in [-0.25, -0.2) is 8.78 Å². The van der Waals surface area contributed by atoms with Gasteiger partial charge in [0.25, 0.3) is 0 Å². The van der Waals surface area contributed by atoms with Gasteiger partial charge >= 0.3 is 0 Å². The monoisotopic (exact) mass is 311 g/mol. The highest BCUT2D eigenvalue weighted by Gasteiger charge is 2.31. The zero-order valence-electron chi connectivity index (χ0n) is 11.3. The van der Waals surface area contributed by atoms with E-state index < -0.39 is 17.0 Å². The lowest BCUT2D eigenvalue weighted by Crippen LogP contribution is -2.41.